The Balaban J connectivity index is 2.09. The topological polar surface area (TPSA) is 83.1 Å². The molecule has 0 unspecified atom stereocenters. The molecule has 0 aliphatic carbocycles. The number of urea groups is 1. The van der Waals surface area contributed by atoms with E-state index in [1.54, 1.807) is 54.4 Å². The number of benzene rings is 1. The summed E-state index contributed by atoms with van der Waals surface area (Å²) in [5.41, 5.74) is 1.74. The second kappa shape index (κ2) is 8.19. The number of hydrogen-bond acceptors (Lipinski definition) is 4. The molecule has 3 N–H and O–H groups in total. The summed E-state index contributed by atoms with van der Waals surface area (Å²) < 4.78 is 0. The number of thioether (sulfide) groups is 1. The smallest absolute Gasteiger partial charge is 0.318 e. The fraction of sp³-hybridized carbons (Fsp3) is 0.188. The molecule has 1 aromatic heterocycles. The summed E-state index contributed by atoms with van der Waals surface area (Å²) in [6.07, 6.45) is 1.62. The van der Waals surface area contributed by atoms with Crippen LogP contribution in [0.2, 0.25) is 0 Å². The molecule has 0 aliphatic heterocycles. The van der Waals surface area contributed by atoms with Gasteiger partial charge in [-0.05, 0) is 36.1 Å². The maximum atomic E-state index is 12.3. The molecule has 2 rings (SSSR count). The highest BCUT2D eigenvalue weighted by molar-refractivity contribution is 7.99. The number of anilines is 2. The highest BCUT2D eigenvalue weighted by Gasteiger charge is 2.08. The zero-order chi connectivity index (χ0) is 16.7. The van der Waals surface area contributed by atoms with Gasteiger partial charge in [0.25, 0.3) is 5.91 Å². The molecule has 7 heteroatoms. The predicted octanol–water partition coefficient (Wildman–Crippen LogP) is 3.20. The lowest BCUT2D eigenvalue weighted by Crippen LogP contribution is -2.24. The Morgan fingerprint density at radius 3 is 2.57 bits per heavy atom. The van der Waals surface area contributed by atoms with Crippen LogP contribution in [-0.2, 0) is 0 Å². The molecule has 0 bridgehead atoms. The van der Waals surface area contributed by atoms with Gasteiger partial charge in [0.15, 0.2) is 0 Å². The van der Waals surface area contributed by atoms with Crippen LogP contribution in [-0.4, -0.2) is 29.7 Å². The van der Waals surface area contributed by atoms with Gasteiger partial charge in [-0.25, -0.2) is 9.78 Å². The first-order valence-corrected chi connectivity index (χ1v) is 8.10. The van der Waals surface area contributed by atoms with Gasteiger partial charge in [-0.15, -0.1) is 11.8 Å². The fourth-order valence-corrected chi connectivity index (χ4v) is 2.49. The van der Waals surface area contributed by atoms with Crippen LogP contribution in [0.4, 0.5) is 16.2 Å². The van der Waals surface area contributed by atoms with Crippen LogP contribution in [0.3, 0.4) is 0 Å². The lowest BCUT2D eigenvalue weighted by Gasteiger charge is -2.09. The third-order valence-electron chi connectivity index (χ3n) is 2.89. The molecule has 0 saturated heterocycles. The molecular formula is C16H18N4O2S. The number of carbonyl (C=O) groups excluding carboxylic acids is 2. The SMILES string of the molecule is CCSc1cc(C(=O)Nc2cccc(NC(=O)NC)c2)ccn1. The number of hydrogen-bond donors (Lipinski definition) is 3. The average Bonchev–Trinajstić information content (AvgIpc) is 2.55. The molecule has 0 saturated carbocycles. The summed E-state index contributed by atoms with van der Waals surface area (Å²) in [6, 6.07) is 10.1. The quantitative estimate of drug-likeness (QED) is 0.735. The average molecular weight is 330 g/mol. The van der Waals surface area contributed by atoms with E-state index in [2.05, 4.69) is 20.9 Å². The van der Waals surface area contributed by atoms with Crippen LogP contribution in [0.25, 0.3) is 0 Å². The molecule has 0 fully saturated rings. The van der Waals surface area contributed by atoms with Crippen molar-refractivity contribution < 1.29 is 9.59 Å². The second-order valence-corrected chi connectivity index (χ2v) is 5.84. The highest BCUT2D eigenvalue weighted by Crippen LogP contribution is 2.18. The zero-order valence-electron chi connectivity index (χ0n) is 12.9. The minimum Gasteiger partial charge on any atom is -0.341 e. The van der Waals surface area contributed by atoms with Gasteiger partial charge in [0, 0.05) is 30.2 Å². The zero-order valence-corrected chi connectivity index (χ0v) is 13.7. The van der Waals surface area contributed by atoms with Gasteiger partial charge in [-0.3, -0.25) is 4.79 Å². The molecule has 0 spiro atoms. The molecule has 2 aromatic rings. The molecule has 1 aromatic carbocycles. The van der Waals surface area contributed by atoms with Crippen LogP contribution in [0.15, 0.2) is 47.6 Å². The molecule has 0 radical (unpaired) electrons. The van der Waals surface area contributed by atoms with E-state index in [9.17, 15) is 9.59 Å². The van der Waals surface area contributed by atoms with Crippen molar-refractivity contribution in [3.8, 4) is 0 Å². The maximum absolute atomic E-state index is 12.3. The number of carbonyl (C=O) groups is 2. The van der Waals surface area contributed by atoms with E-state index >= 15 is 0 Å². The van der Waals surface area contributed by atoms with Gasteiger partial charge in [0.05, 0.1) is 5.03 Å². The first-order chi connectivity index (χ1) is 11.1. The van der Waals surface area contributed by atoms with Gasteiger partial charge in [-0.2, -0.15) is 0 Å². The van der Waals surface area contributed by atoms with Crippen molar-refractivity contribution in [2.45, 2.75) is 11.9 Å². The Labute approximate surface area is 139 Å². The molecule has 0 atom stereocenters. The molecule has 23 heavy (non-hydrogen) atoms. The number of pyridine rings is 1. The monoisotopic (exact) mass is 330 g/mol. The van der Waals surface area contributed by atoms with E-state index in [0.29, 0.717) is 16.9 Å². The van der Waals surface area contributed by atoms with Crippen LogP contribution >= 0.6 is 11.8 Å². The van der Waals surface area contributed by atoms with E-state index in [0.717, 1.165) is 10.8 Å². The highest BCUT2D eigenvalue weighted by atomic mass is 32.2. The van der Waals surface area contributed by atoms with Gasteiger partial charge < -0.3 is 16.0 Å². The standard InChI is InChI=1S/C16H18N4O2S/c1-3-23-14-9-11(7-8-18-14)15(21)19-12-5-4-6-13(10-12)20-16(22)17-2/h4-10H,3H2,1-2H3,(H,19,21)(H2,17,20,22). The molecule has 0 aliphatic rings. The number of rotatable bonds is 5. The van der Waals surface area contributed by atoms with Crippen LogP contribution < -0.4 is 16.0 Å². The van der Waals surface area contributed by atoms with Gasteiger partial charge >= 0.3 is 6.03 Å². The third-order valence-corrected chi connectivity index (χ3v) is 3.70. The Morgan fingerprint density at radius 2 is 1.87 bits per heavy atom. The summed E-state index contributed by atoms with van der Waals surface area (Å²) in [5, 5.41) is 8.75. The maximum Gasteiger partial charge on any atom is 0.318 e. The van der Waals surface area contributed by atoms with Crippen molar-refractivity contribution in [1.82, 2.24) is 10.3 Å². The van der Waals surface area contributed by atoms with Gasteiger partial charge in [0.1, 0.15) is 0 Å². The van der Waals surface area contributed by atoms with Crippen molar-refractivity contribution >= 4 is 35.1 Å². The van der Waals surface area contributed by atoms with E-state index in [1.165, 1.54) is 7.05 Å². The van der Waals surface area contributed by atoms with Crippen molar-refractivity contribution in [1.29, 1.82) is 0 Å². The minimum atomic E-state index is -0.316. The Morgan fingerprint density at radius 1 is 1.13 bits per heavy atom. The minimum absolute atomic E-state index is 0.220. The fourth-order valence-electron chi connectivity index (χ4n) is 1.85. The van der Waals surface area contributed by atoms with Gasteiger partial charge in [-0.1, -0.05) is 13.0 Å². The summed E-state index contributed by atoms with van der Waals surface area (Å²) in [5.74, 6) is 0.674. The van der Waals surface area contributed by atoms with E-state index in [4.69, 9.17) is 0 Å². The summed E-state index contributed by atoms with van der Waals surface area (Å²) in [6.45, 7) is 2.03. The second-order valence-electron chi connectivity index (χ2n) is 4.55. The lowest BCUT2D eigenvalue weighted by atomic mass is 10.2. The van der Waals surface area contributed by atoms with Crippen molar-refractivity contribution in [2.24, 2.45) is 0 Å². The normalized spacial score (nSPS) is 10.0. The van der Waals surface area contributed by atoms with Crippen LogP contribution in [0.5, 0.6) is 0 Å². The van der Waals surface area contributed by atoms with Gasteiger partial charge in [0.2, 0.25) is 0 Å². The number of nitrogens with one attached hydrogen (secondary N) is 3. The summed E-state index contributed by atoms with van der Waals surface area (Å²) >= 11 is 1.58. The Hall–Kier alpha value is -2.54. The number of aromatic nitrogens is 1. The summed E-state index contributed by atoms with van der Waals surface area (Å²) in [7, 11) is 1.54. The number of nitrogens with zero attached hydrogens (tertiary/aromatic N) is 1. The predicted molar refractivity (Wildman–Crippen MR) is 93.1 cm³/mol. The Bertz CT molecular complexity index is 706. The third kappa shape index (κ3) is 5.00. The first-order valence-electron chi connectivity index (χ1n) is 7.11. The summed E-state index contributed by atoms with van der Waals surface area (Å²) in [4.78, 5) is 27.8. The van der Waals surface area contributed by atoms with E-state index in [-0.39, 0.29) is 11.9 Å². The number of amides is 3. The molecule has 120 valence electrons. The van der Waals surface area contributed by atoms with Crippen molar-refractivity contribution in [3.63, 3.8) is 0 Å². The lowest BCUT2D eigenvalue weighted by molar-refractivity contribution is 0.102. The molecule has 6 nitrogen and oxygen atoms in total. The molecular weight excluding hydrogens is 312 g/mol. The molecule has 1 heterocycles. The van der Waals surface area contributed by atoms with E-state index in [1.807, 2.05) is 6.92 Å². The first kappa shape index (κ1) is 16.8. The van der Waals surface area contributed by atoms with Crippen LogP contribution in [0.1, 0.15) is 17.3 Å². The van der Waals surface area contributed by atoms with E-state index < -0.39 is 0 Å². The molecule has 3 amide bonds. The largest absolute Gasteiger partial charge is 0.341 e. The Kier molecular flexibility index (Phi) is 5.99. The van der Waals surface area contributed by atoms with Crippen molar-refractivity contribution in [2.75, 3.05) is 23.4 Å². The van der Waals surface area contributed by atoms with Crippen LogP contribution in [0, 0.1) is 0 Å². The van der Waals surface area contributed by atoms with Crippen molar-refractivity contribution in [3.05, 3.63) is 48.2 Å².